The van der Waals surface area contributed by atoms with Crippen molar-refractivity contribution in [3.05, 3.63) is 42.0 Å². The van der Waals surface area contributed by atoms with Gasteiger partial charge in [-0.1, -0.05) is 36.9 Å². The van der Waals surface area contributed by atoms with Crippen LogP contribution in [0, 0.1) is 0 Å². The Hall–Kier alpha value is -0.243. The maximum atomic E-state index is 5.80. The lowest BCUT2D eigenvalue weighted by atomic mass is 10.1. The molecule has 1 rings (SSSR count). The first-order valence-corrected chi connectivity index (χ1v) is 8.53. The van der Waals surface area contributed by atoms with Gasteiger partial charge in [0.2, 0.25) is 7.42 Å². The number of halogens is 2. The van der Waals surface area contributed by atoms with Crippen LogP contribution in [0.5, 0.6) is 0 Å². The first-order valence-electron chi connectivity index (χ1n) is 4.22. The Labute approximate surface area is 90.2 Å². The molecule has 0 unspecified atom stereocenters. The third kappa shape index (κ3) is 3.55. The average molecular weight is 231 g/mol. The van der Waals surface area contributed by atoms with Gasteiger partial charge >= 0.3 is 0 Å². The first kappa shape index (κ1) is 10.8. The minimum absolute atomic E-state index is 0.925. The van der Waals surface area contributed by atoms with Crippen LogP contribution in [0.3, 0.4) is 0 Å². The van der Waals surface area contributed by atoms with Crippen molar-refractivity contribution in [1.29, 1.82) is 0 Å². The molecule has 0 N–H and O–H groups in total. The van der Waals surface area contributed by atoms with Crippen molar-refractivity contribution in [2.45, 2.75) is 12.5 Å². The summed E-state index contributed by atoms with van der Waals surface area (Å²) in [6, 6.07) is 9.12. The zero-order valence-electron chi connectivity index (χ0n) is 7.34. The molecule has 70 valence electrons. The summed E-state index contributed by atoms with van der Waals surface area (Å²) in [5, 5.41) is 0. The monoisotopic (exact) mass is 230 g/mol. The largest absolute Gasteiger partial charge is 0.237 e. The highest BCUT2D eigenvalue weighted by atomic mass is 35.7. The van der Waals surface area contributed by atoms with Crippen LogP contribution in [0.1, 0.15) is 11.1 Å². The van der Waals surface area contributed by atoms with Gasteiger partial charge in [0.15, 0.2) is 0 Å². The molecular weight excluding hydrogens is 219 g/mol. The lowest BCUT2D eigenvalue weighted by Crippen LogP contribution is -1.96. The van der Waals surface area contributed by atoms with Crippen molar-refractivity contribution in [3.63, 3.8) is 0 Å². The predicted octanol–water partition coefficient (Wildman–Crippen LogP) is 3.57. The highest BCUT2D eigenvalue weighted by Crippen LogP contribution is 2.15. The normalized spacial score (nSPS) is 10.4. The average Bonchev–Trinajstić information content (AvgIpc) is 2.15. The second-order valence-corrected chi connectivity index (χ2v) is 8.02. The van der Waals surface area contributed by atoms with Crippen LogP contribution in [0.25, 0.3) is 6.08 Å². The summed E-state index contributed by atoms with van der Waals surface area (Å²) >= 11 is 11.6. The highest BCUT2D eigenvalue weighted by molar-refractivity contribution is 7.33. The van der Waals surface area contributed by atoms with Gasteiger partial charge < -0.3 is 0 Å². The Morgan fingerprint density at radius 2 is 2.00 bits per heavy atom. The molecule has 0 radical (unpaired) electrons. The highest BCUT2D eigenvalue weighted by Gasteiger charge is 2.04. The first-order chi connectivity index (χ1) is 6.24. The molecule has 0 saturated heterocycles. The van der Waals surface area contributed by atoms with E-state index in [1.165, 1.54) is 11.1 Å². The van der Waals surface area contributed by atoms with Crippen LogP contribution >= 0.6 is 22.2 Å². The lowest BCUT2D eigenvalue weighted by molar-refractivity contribution is 1.12. The van der Waals surface area contributed by atoms with Crippen LogP contribution < -0.4 is 0 Å². The Kier molecular flexibility index (Phi) is 4.57. The van der Waals surface area contributed by atoms with E-state index in [2.05, 4.69) is 18.7 Å². The molecule has 3 heteroatoms. The summed E-state index contributed by atoms with van der Waals surface area (Å²) in [6.45, 7) is 3.76. The second kappa shape index (κ2) is 5.48. The molecule has 0 aromatic heterocycles. The van der Waals surface area contributed by atoms with E-state index in [1.54, 1.807) is 0 Å². The number of aryl methyl sites for hydroxylation is 1. The zero-order valence-corrected chi connectivity index (χ0v) is 10.0. The van der Waals surface area contributed by atoms with Gasteiger partial charge in [-0.3, -0.25) is 0 Å². The topological polar surface area (TPSA) is 0 Å². The van der Waals surface area contributed by atoms with Gasteiger partial charge in [0.1, 0.15) is 0 Å². The van der Waals surface area contributed by atoms with E-state index in [9.17, 15) is 0 Å². The SMILES string of the molecule is C=Cc1ccccc1CC[SiH](Cl)Cl. The molecule has 1 aromatic carbocycles. The molecule has 1 aromatic rings. The summed E-state index contributed by atoms with van der Waals surface area (Å²) < 4.78 is 0. The summed E-state index contributed by atoms with van der Waals surface area (Å²) in [5.41, 5.74) is 2.47. The van der Waals surface area contributed by atoms with E-state index in [0.717, 1.165) is 12.5 Å². The zero-order chi connectivity index (χ0) is 9.68. The molecule has 0 amide bonds. The molecule has 0 saturated carbocycles. The second-order valence-electron chi connectivity index (χ2n) is 2.83. The predicted molar refractivity (Wildman–Crippen MR) is 63.9 cm³/mol. The maximum absolute atomic E-state index is 5.80. The van der Waals surface area contributed by atoms with Crippen LogP contribution in [0.2, 0.25) is 6.04 Å². The van der Waals surface area contributed by atoms with E-state index in [1.807, 2.05) is 18.2 Å². The minimum atomic E-state index is -1.46. The fraction of sp³-hybridized carbons (Fsp3) is 0.200. The van der Waals surface area contributed by atoms with Crippen LogP contribution in [-0.2, 0) is 6.42 Å². The van der Waals surface area contributed by atoms with Gasteiger partial charge in [-0.15, -0.1) is 0 Å². The van der Waals surface area contributed by atoms with Crippen molar-refractivity contribution in [2.75, 3.05) is 0 Å². The van der Waals surface area contributed by atoms with Crippen molar-refractivity contribution < 1.29 is 0 Å². The van der Waals surface area contributed by atoms with E-state index in [4.69, 9.17) is 22.2 Å². The quantitative estimate of drug-likeness (QED) is 0.549. The Bertz CT molecular complexity index is 284. The van der Waals surface area contributed by atoms with Crippen molar-refractivity contribution in [2.24, 2.45) is 0 Å². The number of benzene rings is 1. The molecule has 0 heterocycles. The molecule has 13 heavy (non-hydrogen) atoms. The molecule has 0 nitrogen and oxygen atoms in total. The van der Waals surface area contributed by atoms with Crippen LogP contribution in [0.15, 0.2) is 30.8 Å². The number of hydrogen-bond donors (Lipinski definition) is 0. The van der Waals surface area contributed by atoms with Crippen molar-refractivity contribution in [3.8, 4) is 0 Å². The Balaban J connectivity index is 2.69. The van der Waals surface area contributed by atoms with Crippen LogP contribution in [-0.4, -0.2) is 7.42 Å². The third-order valence-electron chi connectivity index (χ3n) is 1.91. The Morgan fingerprint density at radius 3 is 2.62 bits per heavy atom. The maximum Gasteiger partial charge on any atom is 0.237 e. The lowest BCUT2D eigenvalue weighted by Gasteiger charge is -2.04. The molecule has 0 aliphatic rings. The molecule has 0 aliphatic heterocycles. The molecule has 0 aliphatic carbocycles. The van der Waals surface area contributed by atoms with E-state index in [-0.39, 0.29) is 0 Å². The van der Waals surface area contributed by atoms with E-state index in [0.29, 0.717) is 0 Å². The fourth-order valence-corrected chi connectivity index (χ4v) is 2.41. The summed E-state index contributed by atoms with van der Waals surface area (Å²) in [7, 11) is -1.46. The van der Waals surface area contributed by atoms with Crippen LogP contribution in [0.4, 0.5) is 0 Å². The molecule has 0 spiro atoms. The summed E-state index contributed by atoms with van der Waals surface area (Å²) in [6.07, 6.45) is 2.83. The number of rotatable bonds is 4. The van der Waals surface area contributed by atoms with E-state index >= 15 is 0 Å². The minimum Gasteiger partial charge on any atom is -0.150 e. The Morgan fingerprint density at radius 1 is 1.31 bits per heavy atom. The molecule has 0 bridgehead atoms. The van der Waals surface area contributed by atoms with Crippen molar-refractivity contribution >= 4 is 35.7 Å². The van der Waals surface area contributed by atoms with Gasteiger partial charge in [0.05, 0.1) is 0 Å². The standard InChI is InChI=1S/C10H12Cl2Si/c1-2-9-5-3-4-6-10(9)7-8-13(11)12/h2-6,13H,1,7-8H2. The molecular formula is C10H12Cl2Si. The van der Waals surface area contributed by atoms with Gasteiger partial charge in [-0.25, -0.2) is 0 Å². The van der Waals surface area contributed by atoms with Gasteiger partial charge in [0.25, 0.3) is 0 Å². The molecule has 0 atom stereocenters. The summed E-state index contributed by atoms with van der Waals surface area (Å²) in [4.78, 5) is 0. The van der Waals surface area contributed by atoms with Gasteiger partial charge in [-0.05, 0) is 23.6 Å². The van der Waals surface area contributed by atoms with Crippen molar-refractivity contribution in [1.82, 2.24) is 0 Å². The summed E-state index contributed by atoms with van der Waals surface area (Å²) in [5.74, 6) is 0. The molecule has 0 fully saturated rings. The third-order valence-corrected chi connectivity index (χ3v) is 3.94. The number of hydrogen-bond acceptors (Lipinski definition) is 0. The van der Waals surface area contributed by atoms with Gasteiger partial charge in [0, 0.05) is 0 Å². The van der Waals surface area contributed by atoms with E-state index < -0.39 is 7.42 Å². The van der Waals surface area contributed by atoms with Gasteiger partial charge in [-0.2, -0.15) is 22.2 Å². The smallest absolute Gasteiger partial charge is 0.150 e. The fourth-order valence-electron chi connectivity index (χ4n) is 1.23.